The number of halogens is 2. The normalized spacial score (nSPS) is 20.5. The second-order valence-electron chi connectivity index (χ2n) is 8.29. The van der Waals surface area contributed by atoms with E-state index in [0.29, 0.717) is 10.6 Å². The second-order valence-corrected chi connectivity index (χ2v) is 10.3. The molecule has 7 heteroatoms. The first-order chi connectivity index (χ1) is 15.0. The summed E-state index contributed by atoms with van der Waals surface area (Å²) in [5.74, 6) is 0.310. The number of thiazole rings is 1. The van der Waals surface area contributed by atoms with Gasteiger partial charge < -0.3 is 4.57 Å². The van der Waals surface area contributed by atoms with Gasteiger partial charge in [-0.05, 0) is 55.2 Å². The molecule has 2 aromatic carbocycles. The smallest absolute Gasteiger partial charge is 0.233 e. The number of carbonyl (C=O) groups is 1. The van der Waals surface area contributed by atoms with E-state index in [1.165, 1.54) is 17.4 Å². The number of amides is 1. The van der Waals surface area contributed by atoms with Crippen LogP contribution in [-0.2, 0) is 11.3 Å². The van der Waals surface area contributed by atoms with Crippen molar-refractivity contribution in [3.8, 4) is 10.4 Å². The Hall–Kier alpha value is -2.02. The van der Waals surface area contributed by atoms with Crippen LogP contribution in [0.4, 0.5) is 10.2 Å². The number of fused-ring (bicyclic) bond motifs is 3. The predicted octanol–water partition coefficient (Wildman–Crippen LogP) is 7.33. The first kappa shape index (κ1) is 20.9. The zero-order valence-electron chi connectivity index (χ0n) is 17.1. The highest BCUT2D eigenvalue weighted by atomic mass is 35.5. The van der Waals surface area contributed by atoms with Crippen molar-refractivity contribution in [1.82, 2.24) is 4.57 Å². The summed E-state index contributed by atoms with van der Waals surface area (Å²) >= 11 is 13.7. The standard InChI is InChI=1S/C24H22ClFN2OS2/c1-14-7-2-3-8-15(14)21-22-27(13-17-18(25)10-6-11-19(17)26)23(29)16-9-4-5-12-20(16)28(22)24(30)31-21/h2-3,6-8,10-11,16,20H,4-5,9,12-13H2,1H3. The molecule has 2 aliphatic rings. The topological polar surface area (TPSA) is 25.2 Å². The van der Waals surface area contributed by atoms with Gasteiger partial charge in [0.2, 0.25) is 5.91 Å². The number of hydrogen-bond donors (Lipinski definition) is 0. The Labute approximate surface area is 195 Å². The Bertz CT molecular complexity index is 1210. The van der Waals surface area contributed by atoms with Crippen LogP contribution in [0.15, 0.2) is 42.5 Å². The predicted molar refractivity (Wildman–Crippen MR) is 127 cm³/mol. The summed E-state index contributed by atoms with van der Waals surface area (Å²) in [4.78, 5) is 16.4. The van der Waals surface area contributed by atoms with Gasteiger partial charge in [-0.25, -0.2) is 4.39 Å². The molecule has 1 saturated carbocycles. The first-order valence-corrected chi connectivity index (χ1v) is 12.1. The van der Waals surface area contributed by atoms with E-state index in [1.807, 2.05) is 12.1 Å². The highest BCUT2D eigenvalue weighted by molar-refractivity contribution is 7.73. The van der Waals surface area contributed by atoms with Gasteiger partial charge in [-0.1, -0.05) is 54.8 Å². The molecule has 5 rings (SSSR count). The van der Waals surface area contributed by atoms with Crippen molar-refractivity contribution in [2.24, 2.45) is 5.92 Å². The number of benzene rings is 2. The summed E-state index contributed by atoms with van der Waals surface area (Å²) in [6.07, 6.45) is 3.89. The summed E-state index contributed by atoms with van der Waals surface area (Å²) in [5, 5.41) is 0.330. The molecule has 31 heavy (non-hydrogen) atoms. The largest absolute Gasteiger partial charge is 0.305 e. The van der Waals surface area contributed by atoms with E-state index >= 15 is 0 Å². The number of nitrogens with zero attached hydrogens (tertiary/aromatic N) is 2. The fourth-order valence-electron chi connectivity index (χ4n) is 4.93. The minimum absolute atomic E-state index is 0.0478. The molecule has 2 atom stereocenters. The molecule has 2 heterocycles. The van der Waals surface area contributed by atoms with E-state index in [0.717, 1.165) is 51.5 Å². The summed E-state index contributed by atoms with van der Waals surface area (Å²) < 4.78 is 17.6. The highest BCUT2D eigenvalue weighted by Crippen LogP contribution is 2.49. The van der Waals surface area contributed by atoms with E-state index < -0.39 is 5.82 Å². The van der Waals surface area contributed by atoms with E-state index in [9.17, 15) is 9.18 Å². The van der Waals surface area contributed by atoms with Gasteiger partial charge in [-0.15, -0.1) is 11.3 Å². The van der Waals surface area contributed by atoms with E-state index in [1.54, 1.807) is 17.0 Å². The Morgan fingerprint density at radius 1 is 1.16 bits per heavy atom. The van der Waals surface area contributed by atoms with E-state index in [4.69, 9.17) is 23.8 Å². The number of rotatable bonds is 3. The fourth-order valence-corrected chi connectivity index (χ4v) is 6.76. The molecule has 2 unspecified atom stereocenters. The Morgan fingerprint density at radius 3 is 2.71 bits per heavy atom. The number of carbonyl (C=O) groups excluding carboxylic acids is 1. The molecule has 0 spiro atoms. The zero-order valence-corrected chi connectivity index (χ0v) is 19.5. The van der Waals surface area contributed by atoms with Gasteiger partial charge >= 0.3 is 0 Å². The van der Waals surface area contributed by atoms with Crippen LogP contribution < -0.4 is 4.90 Å². The van der Waals surface area contributed by atoms with Crippen molar-refractivity contribution < 1.29 is 9.18 Å². The minimum atomic E-state index is -0.399. The summed E-state index contributed by atoms with van der Waals surface area (Å²) in [7, 11) is 0. The number of aryl methyl sites for hydroxylation is 1. The molecule has 0 N–H and O–H groups in total. The maximum Gasteiger partial charge on any atom is 0.233 e. The number of anilines is 1. The molecule has 1 fully saturated rings. The molecule has 1 aliphatic carbocycles. The average Bonchev–Trinajstić information content (AvgIpc) is 3.10. The third kappa shape index (κ3) is 3.45. The van der Waals surface area contributed by atoms with Crippen molar-refractivity contribution in [1.29, 1.82) is 0 Å². The molecule has 0 radical (unpaired) electrons. The molecule has 1 amide bonds. The van der Waals surface area contributed by atoms with Gasteiger partial charge in [-0.2, -0.15) is 0 Å². The summed E-state index contributed by atoms with van der Waals surface area (Å²) in [6, 6.07) is 12.8. The van der Waals surface area contributed by atoms with Crippen molar-refractivity contribution >= 4 is 46.9 Å². The molecule has 1 aliphatic heterocycles. The lowest BCUT2D eigenvalue weighted by Crippen LogP contribution is -2.47. The SMILES string of the molecule is Cc1ccccc1-c1sc(=S)n2c1N(Cc1c(F)cccc1Cl)C(=O)C1CCCCC12. The van der Waals surface area contributed by atoms with Gasteiger partial charge in [0.05, 0.1) is 17.3 Å². The van der Waals surface area contributed by atoms with Crippen molar-refractivity contribution in [3.63, 3.8) is 0 Å². The molecule has 1 aromatic heterocycles. The molecular formula is C24H22ClFN2OS2. The van der Waals surface area contributed by atoms with Crippen LogP contribution in [-0.4, -0.2) is 10.5 Å². The number of hydrogen-bond acceptors (Lipinski definition) is 3. The lowest BCUT2D eigenvalue weighted by molar-refractivity contribution is -0.126. The Morgan fingerprint density at radius 2 is 1.94 bits per heavy atom. The van der Waals surface area contributed by atoms with Crippen LogP contribution in [0.3, 0.4) is 0 Å². The van der Waals surface area contributed by atoms with Crippen molar-refractivity contribution in [2.75, 3.05) is 4.90 Å². The Balaban J connectivity index is 1.73. The maximum atomic E-state index is 14.7. The zero-order chi connectivity index (χ0) is 21.7. The average molecular weight is 473 g/mol. The van der Waals surface area contributed by atoms with Crippen LogP contribution in [0.1, 0.15) is 42.9 Å². The van der Waals surface area contributed by atoms with Gasteiger partial charge in [0.1, 0.15) is 11.6 Å². The quantitative estimate of drug-likeness (QED) is 0.373. The molecule has 0 saturated heterocycles. The van der Waals surface area contributed by atoms with Crippen LogP contribution in [0, 0.1) is 22.6 Å². The molecule has 3 nitrogen and oxygen atoms in total. The highest BCUT2D eigenvalue weighted by Gasteiger charge is 2.44. The summed E-state index contributed by atoms with van der Waals surface area (Å²) in [5.41, 5.74) is 2.51. The van der Waals surface area contributed by atoms with E-state index in [2.05, 4.69) is 23.6 Å². The lowest BCUT2D eigenvalue weighted by atomic mass is 9.81. The summed E-state index contributed by atoms with van der Waals surface area (Å²) in [6.45, 7) is 2.15. The van der Waals surface area contributed by atoms with Gasteiger partial charge in [0.15, 0.2) is 3.95 Å². The van der Waals surface area contributed by atoms with Gasteiger partial charge in [-0.3, -0.25) is 9.69 Å². The van der Waals surface area contributed by atoms with Gasteiger partial charge in [0.25, 0.3) is 0 Å². The molecule has 3 aromatic rings. The van der Waals surface area contributed by atoms with E-state index in [-0.39, 0.29) is 24.4 Å². The molecular weight excluding hydrogens is 451 g/mol. The maximum absolute atomic E-state index is 14.7. The third-order valence-electron chi connectivity index (χ3n) is 6.48. The Kier molecular flexibility index (Phi) is 5.49. The lowest BCUT2D eigenvalue weighted by Gasteiger charge is -2.42. The fraction of sp³-hybridized carbons (Fsp3) is 0.333. The van der Waals surface area contributed by atoms with Gasteiger partial charge in [0, 0.05) is 16.6 Å². The molecule has 0 bridgehead atoms. The third-order valence-corrected chi connectivity index (χ3v) is 8.26. The van der Waals surface area contributed by atoms with Crippen LogP contribution in [0.25, 0.3) is 10.4 Å². The minimum Gasteiger partial charge on any atom is -0.305 e. The van der Waals surface area contributed by atoms with Crippen molar-refractivity contribution in [3.05, 3.63) is 68.4 Å². The van der Waals surface area contributed by atoms with Crippen LogP contribution in [0.5, 0.6) is 0 Å². The molecule has 160 valence electrons. The number of aromatic nitrogens is 1. The first-order valence-electron chi connectivity index (χ1n) is 10.5. The van der Waals surface area contributed by atoms with Crippen LogP contribution >= 0.6 is 35.2 Å². The van der Waals surface area contributed by atoms with Crippen molar-refractivity contribution in [2.45, 2.75) is 45.2 Å². The monoisotopic (exact) mass is 472 g/mol. The second kappa shape index (κ2) is 8.15. The van der Waals surface area contributed by atoms with Crippen LogP contribution in [0.2, 0.25) is 5.02 Å².